The lowest BCUT2D eigenvalue weighted by Crippen LogP contribution is -2.46. The van der Waals surface area contributed by atoms with Crippen molar-refractivity contribution in [2.45, 2.75) is 29.6 Å². The number of anilines is 1. The van der Waals surface area contributed by atoms with Gasteiger partial charge >= 0.3 is 0 Å². The molecule has 0 unspecified atom stereocenters. The van der Waals surface area contributed by atoms with E-state index < -0.39 is 5.41 Å². The summed E-state index contributed by atoms with van der Waals surface area (Å²) in [5, 5.41) is 13.6. The van der Waals surface area contributed by atoms with E-state index in [1.54, 1.807) is 36.4 Å². The fourth-order valence-electron chi connectivity index (χ4n) is 2.86. The zero-order valence-electron chi connectivity index (χ0n) is 12.4. The van der Waals surface area contributed by atoms with Gasteiger partial charge in [-0.25, -0.2) is 4.39 Å². The van der Waals surface area contributed by atoms with E-state index in [0.29, 0.717) is 5.69 Å². The molecule has 0 aromatic heterocycles. The number of halogens is 1. The third-order valence-corrected chi connectivity index (χ3v) is 4.91. The molecule has 0 bridgehead atoms. The Balaban J connectivity index is 1.78. The Morgan fingerprint density at radius 3 is 2.30 bits per heavy atom. The van der Waals surface area contributed by atoms with Crippen molar-refractivity contribution in [3.63, 3.8) is 0 Å². The van der Waals surface area contributed by atoms with Crippen molar-refractivity contribution >= 4 is 23.4 Å². The van der Waals surface area contributed by atoms with Crippen molar-refractivity contribution in [2.75, 3.05) is 5.32 Å². The van der Waals surface area contributed by atoms with Gasteiger partial charge in [-0.2, -0.15) is 5.26 Å². The van der Waals surface area contributed by atoms with E-state index in [-0.39, 0.29) is 11.7 Å². The summed E-state index contributed by atoms with van der Waals surface area (Å²) in [4.78, 5) is 13.6. The highest BCUT2D eigenvalue weighted by Gasteiger charge is 2.45. The Hall–Kier alpha value is -2.32. The van der Waals surface area contributed by atoms with Crippen LogP contribution in [0.1, 0.15) is 24.8 Å². The standard InChI is InChI=1S/C18H15FN2OS/c19-14-4-2-13(3-5-14)18(10-1-11-18)17(22)21-15-6-8-16(9-7-15)23-12-20/h2-9H,1,10-11H2,(H,21,22). The molecule has 2 aromatic carbocycles. The van der Waals surface area contributed by atoms with Crippen LogP contribution >= 0.6 is 11.8 Å². The summed E-state index contributed by atoms with van der Waals surface area (Å²) in [6, 6.07) is 13.4. The first-order valence-corrected chi connectivity index (χ1v) is 8.19. The number of amides is 1. The third kappa shape index (κ3) is 3.08. The van der Waals surface area contributed by atoms with Crippen molar-refractivity contribution in [1.29, 1.82) is 5.26 Å². The van der Waals surface area contributed by atoms with Gasteiger partial charge in [0.25, 0.3) is 0 Å². The number of carbonyl (C=O) groups is 1. The molecule has 0 heterocycles. The normalized spacial score (nSPS) is 15.3. The number of hydrogen-bond donors (Lipinski definition) is 1. The summed E-state index contributed by atoms with van der Waals surface area (Å²) in [7, 11) is 0. The number of nitriles is 1. The molecule has 0 aliphatic heterocycles. The van der Waals surface area contributed by atoms with E-state index in [1.165, 1.54) is 12.1 Å². The van der Waals surface area contributed by atoms with E-state index >= 15 is 0 Å². The SMILES string of the molecule is N#CSc1ccc(NC(=O)C2(c3ccc(F)cc3)CCC2)cc1. The van der Waals surface area contributed by atoms with E-state index in [4.69, 9.17) is 5.26 Å². The van der Waals surface area contributed by atoms with Gasteiger partial charge in [0.1, 0.15) is 11.2 Å². The first-order valence-electron chi connectivity index (χ1n) is 7.37. The number of nitrogens with one attached hydrogen (secondary N) is 1. The zero-order chi connectivity index (χ0) is 16.3. The van der Waals surface area contributed by atoms with Crippen LogP contribution in [0, 0.1) is 16.5 Å². The first kappa shape index (κ1) is 15.6. The Bertz CT molecular complexity index is 746. The van der Waals surface area contributed by atoms with Gasteiger partial charge in [-0.15, -0.1) is 0 Å². The smallest absolute Gasteiger partial charge is 0.235 e. The molecule has 23 heavy (non-hydrogen) atoms. The third-order valence-electron chi connectivity index (χ3n) is 4.31. The van der Waals surface area contributed by atoms with Crippen LogP contribution in [-0.2, 0) is 10.2 Å². The predicted octanol–water partition coefficient (Wildman–Crippen LogP) is 4.46. The minimum absolute atomic E-state index is 0.0592. The van der Waals surface area contributed by atoms with Crippen molar-refractivity contribution in [2.24, 2.45) is 0 Å². The van der Waals surface area contributed by atoms with Crippen molar-refractivity contribution < 1.29 is 9.18 Å². The molecule has 1 amide bonds. The molecule has 0 saturated heterocycles. The number of nitrogens with zero attached hydrogens (tertiary/aromatic N) is 1. The number of hydrogen-bond acceptors (Lipinski definition) is 3. The fourth-order valence-corrected chi connectivity index (χ4v) is 3.23. The quantitative estimate of drug-likeness (QED) is 0.666. The summed E-state index contributed by atoms with van der Waals surface area (Å²) in [6.45, 7) is 0. The van der Waals surface area contributed by atoms with Crippen LogP contribution in [0.15, 0.2) is 53.4 Å². The van der Waals surface area contributed by atoms with Crippen LogP contribution in [0.2, 0.25) is 0 Å². The Labute approximate surface area is 138 Å². The minimum atomic E-state index is -0.562. The Kier molecular flexibility index (Phi) is 4.35. The molecule has 1 aliphatic carbocycles. The molecule has 5 heteroatoms. The number of benzene rings is 2. The molecule has 1 saturated carbocycles. The van der Waals surface area contributed by atoms with E-state index in [9.17, 15) is 9.18 Å². The molecule has 0 atom stereocenters. The fraction of sp³-hybridized carbons (Fsp3) is 0.222. The average molecular weight is 326 g/mol. The summed E-state index contributed by atoms with van der Waals surface area (Å²) in [5.74, 6) is -0.356. The number of thioether (sulfide) groups is 1. The van der Waals surface area contributed by atoms with Crippen LogP contribution in [0.25, 0.3) is 0 Å². The van der Waals surface area contributed by atoms with Gasteiger partial charge in [0.05, 0.1) is 5.41 Å². The second-order valence-electron chi connectivity index (χ2n) is 5.61. The summed E-state index contributed by atoms with van der Waals surface area (Å²) < 4.78 is 13.1. The maximum atomic E-state index is 13.1. The number of rotatable bonds is 4. The van der Waals surface area contributed by atoms with E-state index in [0.717, 1.165) is 41.5 Å². The van der Waals surface area contributed by atoms with Crippen LogP contribution < -0.4 is 5.32 Å². The molecule has 3 nitrogen and oxygen atoms in total. The average Bonchev–Trinajstić information content (AvgIpc) is 2.50. The van der Waals surface area contributed by atoms with Gasteiger partial charge < -0.3 is 5.32 Å². The molecule has 2 aromatic rings. The minimum Gasteiger partial charge on any atom is -0.325 e. The summed E-state index contributed by atoms with van der Waals surface area (Å²) >= 11 is 1.08. The first-order chi connectivity index (χ1) is 11.1. The van der Waals surface area contributed by atoms with Gasteiger partial charge in [0.2, 0.25) is 5.91 Å². The van der Waals surface area contributed by atoms with Gasteiger partial charge in [0, 0.05) is 10.6 Å². The molecule has 3 rings (SSSR count). The monoisotopic (exact) mass is 326 g/mol. The number of thiocyanates is 1. The highest BCUT2D eigenvalue weighted by atomic mass is 32.2. The van der Waals surface area contributed by atoms with Crippen LogP contribution in [0.5, 0.6) is 0 Å². The van der Waals surface area contributed by atoms with Crippen LogP contribution in [0.4, 0.5) is 10.1 Å². The van der Waals surface area contributed by atoms with Gasteiger partial charge in [-0.3, -0.25) is 4.79 Å². The van der Waals surface area contributed by atoms with E-state index in [2.05, 4.69) is 5.32 Å². The van der Waals surface area contributed by atoms with Crippen LogP contribution in [0.3, 0.4) is 0 Å². The topological polar surface area (TPSA) is 52.9 Å². The lowest BCUT2D eigenvalue weighted by molar-refractivity contribution is -0.124. The molecule has 116 valence electrons. The Morgan fingerprint density at radius 2 is 1.78 bits per heavy atom. The molecule has 0 spiro atoms. The summed E-state index contributed by atoms with van der Waals surface area (Å²) in [6.07, 6.45) is 2.53. The lowest BCUT2D eigenvalue weighted by Gasteiger charge is -2.40. The van der Waals surface area contributed by atoms with Crippen molar-refractivity contribution in [3.05, 3.63) is 59.9 Å². The molecule has 1 N–H and O–H groups in total. The predicted molar refractivity (Wildman–Crippen MR) is 88.5 cm³/mol. The second kappa shape index (κ2) is 6.43. The van der Waals surface area contributed by atoms with E-state index in [1.807, 2.05) is 5.40 Å². The maximum absolute atomic E-state index is 13.1. The maximum Gasteiger partial charge on any atom is 0.235 e. The molecule has 0 radical (unpaired) electrons. The largest absolute Gasteiger partial charge is 0.325 e. The second-order valence-corrected chi connectivity index (χ2v) is 6.47. The van der Waals surface area contributed by atoms with Gasteiger partial charge in [0.15, 0.2) is 0 Å². The lowest BCUT2D eigenvalue weighted by atomic mass is 9.64. The number of carbonyl (C=O) groups excluding carboxylic acids is 1. The summed E-state index contributed by atoms with van der Waals surface area (Å²) in [5.41, 5.74) is 0.998. The van der Waals surface area contributed by atoms with Crippen molar-refractivity contribution in [3.8, 4) is 5.40 Å². The van der Waals surface area contributed by atoms with Gasteiger partial charge in [-0.1, -0.05) is 18.6 Å². The van der Waals surface area contributed by atoms with Crippen molar-refractivity contribution in [1.82, 2.24) is 0 Å². The highest BCUT2D eigenvalue weighted by molar-refractivity contribution is 8.03. The molecule has 1 aliphatic rings. The molecular formula is C18H15FN2OS. The highest BCUT2D eigenvalue weighted by Crippen LogP contribution is 2.44. The van der Waals surface area contributed by atoms with Gasteiger partial charge in [-0.05, 0) is 66.6 Å². The molecular weight excluding hydrogens is 311 g/mol. The zero-order valence-corrected chi connectivity index (χ0v) is 13.2. The molecule has 1 fully saturated rings. The Morgan fingerprint density at radius 1 is 1.13 bits per heavy atom. The van der Waals surface area contributed by atoms with Crippen LogP contribution in [-0.4, -0.2) is 5.91 Å².